The van der Waals surface area contributed by atoms with Gasteiger partial charge in [0, 0.05) is 6.54 Å². The molecule has 2 nitrogen and oxygen atoms in total. The number of rotatable bonds is 5. The minimum atomic E-state index is -4.72. The predicted molar refractivity (Wildman–Crippen MR) is 65.2 cm³/mol. The molecule has 0 saturated carbocycles. The van der Waals surface area contributed by atoms with Gasteiger partial charge in [0.15, 0.2) is 0 Å². The van der Waals surface area contributed by atoms with Gasteiger partial charge in [-0.05, 0) is 25.0 Å². The van der Waals surface area contributed by atoms with Crippen molar-refractivity contribution >= 4 is 6.98 Å². The Morgan fingerprint density at radius 3 is 2.61 bits per heavy atom. The number of halogens is 3. The number of hydrogen-bond donors (Lipinski definition) is 0. The Balaban J connectivity index is 1.73. The van der Waals surface area contributed by atoms with Crippen LogP contribution >= 0.6 is 0 Å². The van der Waals surface area contributed by atoms with E-state index in [1.807, 2.05) is 30.3 Å². The fraction of sp³-hybridized carbons (Fsp3) is 0.500. The summed E-state index contributed by atoms with van der Waals surface area (Å²) in [5.74, 6) is 0. The summed E-state index contributed by atoms with van der Waals surface area (Å²) in [6, 6.07) is 9.67. The van der Waals surface area contributed by atoms with Gasteiger partial charge in [0.05, 0.1) is 12.7 Å². The van der Waals surface area contributed by atoms with E-state index in [0.29, 0.717) is 26.1 Å². The first-order valence-corrected chi connectivity index (χ1v) is 6.12. The first-order valence-electron chi connectivity index (χ1n) is 6.12. The van der Waals surface area contributed by atoms with Crippen molar-refractivity contribution in [3.63, 3.8) is 0 Å². The van der Waals surface area contributed by atoms with E-state index in [4.69, 9.17) is 4.74 Å². The van der Waals surface area contributed by atoms with Crippen LogP contribution in [0.15, 0.2) is 30.3 Å². The van der Waals surface area contributed by atoms with Gasteiger partial charge in [0.25, 0.3) is 0 Å². The molecule has 18 heavy (non-hydrogen) atoms. The summed E-state index contributed by atoms with van der Waals surface area (Å²) in [5, 5.41) is 0. The van der Waals surface area contributed by atoms with E-state index in [1.165, 1.54) is 4.90 Å². The zero-order valence-electron chi connectivity index (χ0n) is 10.1. The lowest BCUT2D eigenvalue weighted by Crippen LogP contribution is -2.37. The second-order valence-electron chi connectivity index (χ2n) is 4.68. The lowest BCUT2D eigenvalue weighted by atomic mass is 9.91. The molecule has 0 N–H and O–H groups in total. The van der Waals surface area contributed by atoms with Gasteiger partial charge in [-0.25, -0.2) is 0 Å². The molecule has 2 rings (SSSR count). The van der Waals surface area contributed by atoms with E-state index in [0.717, 1.165) is 5.56 Å². The average Bonchev–Trinajstić information content (AvgIpc) is 2.73. The van der Waals surface area contributed by atoms with Crippen molar-refractivity contribution in [1.29, 1.82) is 0 Å². The molecule has 1 aromatic rings. The van der Waals surface area contributed by atoms with Gasteiger partial charge >= 0.3 is 6.98 Å². The lowest BCUT2D eigenvalue weighted by Gasteiger charge is -2.23. The fourth-order valence-corrected chi connectivity index (χ4v) is 2.18. The van der Waals surface area contributed by atoms with Gasteiger partial charge in [-0.1, -0.05) is 30.3 Å². The molecule has 1 atom stereocenters. The van der Waals surface area contributed by atoms with Crippen molar-refractivity contribution in [2.24, 2.45) is 0 Å². The molecule has 0 bridgehead atoms. The number of likely N-dealkylation sites (tertiary alicyclic amines) is 1. The van der Waals surface area contributed by atoms with E-state index in [1.54, 1.807) is 0 Å². The Morgan fingerprint density at radius 2 is 1.94 bits per heavy atom. The zero-order chi connectivity index (χ0) is 13.0. The van der Waals surface area contributed by atoms with E-state index in [2.05, 4.69) is 0 Å². The zero-order valence-corrected chi connectivity index (χ0v) is 10.1. The summed E-state index contributed by atoms with van der Waals surface area (Å²) in [5.41, 5.74) is 1.05. The first-order chi connectivity index (χ1) is 8.53. The molecule has 100 valence electrons. The summed E-state index contributed by atoms with van der Waals surface area (Å²) in [4.78, 5) is 1.43. The third-order valence-corrected chi connectivity index (χ3v) is 3.02. The van der Waals surface area contributed by atoms with Crippen LogP contribution in [0.3, 0.4) is 0 Å². The molecular weight excluding hydrogens is 242 g/mol. The average molecular weight is 258 g/mol. The van der Waals surface area contributed by atoms with Crippen LogP contribution in [0.5, 0.6) is 0 Å². The molecule has 6 heteroatoms. The smallest absolute Gasteiger partial charge is 0.448 e. The van der Waals surface area contributed by atoms with Crippen molar-refractivity contribution in [1.82, 2.24) is 4.90 Å². The Morgan fingerprint density at radius 1 is 1.22 bits per heavy atom. The third-order valence-electron chi connectivity index (χ3n) is 3.02. The maximum absolute atomic E-state index is 12.3. The molecular formula is C12H16BF3NO-. The van der Waals surface area contributed by atoms with Crippen LogP contribution in [-0.4, -0.2) is 37.5 Å². The molecule has 1 aromatic carbocycles. The first kappa shape index (κ1) is 13.4. The van der Waals surface area contributed by atoms with Crippen molar-refractivity contribution in [2.75, 3.05) is 19.5 Å². The van der Waals surface area contributed by atoms with Gasteiger partial charge in [-0.2, -0.15) is 0 Å². The maximum atomic E-state index is 12.3. The summed E-state index contributed by atoms with van der Waals surface area (Å²) in [6.07, 6.45) is -0.173. The molecule has 0 amide bonds. The standard InChI is InChI=1S/C12H16BF3NO/c14-13(15,16)10-17-7-6-12(8-17)18-9-11-4-2-1-3-5-11/h1-5,12H,6-10H2/q-1. The molecule has 1 heterocycles. The maximum Gasteiger partial charge on any atom is 0.492 e. The quantitative estimate of drug-likeness (QED) is 0.753. The van der Waals surface area contributed by atoms with Crippen molar-refractivity contribution < 1.29 is 17.7 Å². The van der Waals surface area contributed by atoms with Crippen molar-refractivity contribution in [3.8, 4) is 0 Å². The molecule has 1 fully saturated rings. The van der Waals surface area contributed by atoms with Crippen LogP contribution < -0.4 is 0 Å². The number of benzene rings is 1. The van der Waals surface area contributed by atoms with Crippen LogP contribution in [0.2, 0.25) is 0 Å². The Hall–Kier alpha value is -1.01. The molecule has 0 aromatic heterocycles. The third kappa shape index (κ3) is 4.35. The molecule has 0 radical (unpaired) electrons. The summed E-state index contributed by atoms with van der Waals surface area (Å²) < 4.78 is 42.4. The summed E-state index contributed by atoms with van der Waals surface area (Å²) >= 11 is 0. The van der Waals surface area contributed by atoms with Crippen LogP contribution in [0, 0.1) is 0 Å². The minimum Gasteiger partial charge on any atom is -0.448 e. The van der Waals surface area contributed by atoms with Gasteiger partial charge in [0.2, 0.25) is 0 Å². The fourth-order valence-electron chi connectivity index (χ4n) is 2.18. The monoisotopic (exact) mass is 258 g/mol. The molecule has 1 unspecified atom stereocenters. The van der Waals surface area contributed by atoms with Gasteiger partial charge in [-0.3, -0.25) is 0 Å². The van der Waals surface area contributed by atoms with E-state index in [-0.39, 0.29) is 6.10 Å². The topological polar surface area (TPSA) is 12.5 Å². The molecule has 1 aliphatic rings. The summed E-state index contributed by atoms with van der Waals surface area (Å²) in [7, 11) is 0. The number of hydrogen-bond acceptors (Lipinski definition) is 2. The van der Waals surface area contributed by atoms with E-state index >= 15 is 0 Å². The highest BCUT2D eigenvalue weighted by molar-refractivity contribution is 6.58. The lowest BCUT2D eigenvalue weighted by molar-refractivity contribution is 0.0473. The molecule has 0 spiro atoms. The largest absolute Gasteiger partial charge is 0.492 e. The van der Waals surface area contributed by atoms with Crippen LogP contribution in [0.25, 0.3) is 0 Å². The van der Waals surface area contributed by atoms with Crippen LogP contribution in [0.1, 0.15) is 12.0 Å². The van der Waals surface area contributed by atoms with Crippen LogP contribution in [-0.2, 0) is 11.3 Å². The predicted octanol–water partition coefficient (Wildman–Crippen LogP) is 2.66. The second kappa shape index (κ2) is 5.76. The van der Waals surface area contributed by atoms with Crippen molar-refractivity contribution in [3.05, 3.63) is 35.9 Å². The SMILES string of the molecule is F[B-](F)(F)CN1CCC(OCc2ccccc2)C1. The van der Waals surface area contributed by atoms with E-state index in [9.17, 15) is 12.9 Å². The number of ether oxygens (including phenoxy) is 1. The normalized spacial score (nSPS) is 21.4. The highest BCUT2D eigenvalue weighted by Crippen LogP contribution is 2.18. The molecule has 1 saturated heterocycles. The summed E-state index contributed by atoms with van der Waals surface area (Å²) in [6.45, 7) is -3.40. The Labute approximate surface area is 105 Å². The Kier molecular flexibility index (Phi) is 4.29. The number of nitrogens with zero attached hydrogens (tertiary/aromatic N) is 1. The van der Waals surface area contributed by atoms with Crippen LogP contribution in [0.4, 0.5) is 12.9 Å². The highest BCUT2D eigenvalue weighted by atomic mass is 19.4. The molecule has 0 aliphatic carbocycles. The molecule has 1 aliphatic heterocycles. The Bertz CT molecular complexity index is 371. The highest BCUT2D eigenvalue weighted by Gasteiger charge is 2.31. The van der Waals surface area contributed by atoms with Crippen molar-refractivity contribution in [2.45, 2.75) is 19.1 Å². The van der Waals surface area contributed by atoms with Gasteiger partial charge in [0.1, 0.15) is 0 Å². The van der Waals surface area contributed by atoms with Gasteiger partial charge < -0.3 is 22.6 Å². The van der Waals surface area contributed by atoms with E-state index < -0.39 is 13.4 Å². The second-order valence-corrected chi connectivity index (χ2v) is 4.68. The van der Waals surface area contributed by atoms with Gasteiger partial charge in [-0.15, -0.1) is 0 Å². The minimum absolute atomic E-state index is 0.0802.